The van der Waals surface area contributed by atoms with Crippen molar-refractivity contribution in [3.05, 3.63) is 54.1 Å². The molecule has 0 bridgehead atoms. The van der Waals surface area contributed by atoms with Crippen LogP contribution >= 0.6 is 0 Å². The summed E-state index contributed by atoms with van der Waals surface area (Å²) in [6.07, 6.45) is 0. The molecule has 0 saturated heterocycles. The van der Waals surface area contributed by atoms with Crippen molar-refractivity contribution in [2.24, 2.45) is 5.73 Å². The highest BCUT2D eigenvalue weighted by molar-refractivity contribution is 5.72. The fourth-order valence-electron chi connectivity index (χ4n) is 2.64. The number of nitrogens with zero attached hydrogens (tertiary/aromatic N) is 2. The summed E-state index contributed by atoms with van der Waals surface area (Å²) in [4.78, 5) is 9.13. The van der Waals surface area contributed by atoms with E-state index in [4.69, 9.17) is 25.9 Å². The minimum Gasteiger partial charge on any atom is -0.493 e. The van der Waals surface area contributed by atoms with Gasteiger partial charge < -0.3 is 20.9 Å². The Morgan fingerprint density at radius 1 is 0.880 bits per heavy atom. The van der Waals surface area contributed by atoms with Crippen LogP contribution in [-0.2, 0) is 6.54 Å². The first kappa shape index (κ1) is 16.7. The van der Waals surface area contributed by atoms with E-state index >= 15 is 0 Å². The Balaban J connectivity index is 2.17. The van der Waals surface area contributed by atoms with E-state index in [1.165, 1.54) is 0 Å². The number of nitrogens with two attached hydrogens (primary N) is 2. The number of hydrogen-bond donors (Lipinski definition) is 2. The number of aromatic nitrogens is 2. The van der Waals surface area contributed by atoms with Crippen LogP contribution in [0, 0.1) is 0 Å². The van der Waals surface area contributed by atoms with Crippen molar-refractivity contribution >= 4 is 5.82 Å². The lowest BCUT2D eigenvalue weighted by atomic mass is 10.1. The van der Waals surface area contributed by atoms with Crippen molar-refractivity contribution in [2.75, 3.05) is 20.0 Å². The van der Waals surface area contributed by atoms with Gasteiger partial charge in [0.2, 0.25) is 0 Å². The zero-order chi connectivity index (χ0) is 17.8. The number of benzene rings is 2. The summed E-state index contributed by atoms with van der Waals surface area (Å²) in [6, 6.07) is 15.3. The van der Waals surface area contributed by atoms with Crippen molar-refractivity contribution in [1.29, 1.82) is 0 Å². The summed E-state index contributed by atoms with van der Waals surface area (Å²) in [5, 5.41) is 0. The molecule has 128 valence electrons. The Morgan fingerprint density at radius 2 is 1.60 bits per heavy atom. The van der Waals surface area contributed by atoms with Crippen LogP contribution in [0.3, 0.4) is 0 Å². The van der Waals surface area contributed by atoms with Crippen LogP contribution in [-0.4, -0.2) is 24.2 Å². The molecule has 1 heterocycles. The van der Waals surface area contributed by atoms with Crippen LogP contribution in [0.25, 0.3) is 22.6 Å². The van der Waals surface area contributed by atoms with Gasteiger partial charge in [-0.2, -0.15) is 0 Å². The fourth-order valence-corrected chi connectivity index (χ4v) is 2.64. The van der Waals surface area contributed by atoms with E-state index in [1.807, 2.05) is 48.5 Å². The quantitative estimate of drug-likeness (QED) is 0.744. The summed E-state index contributed by atoms with van der Waals surface area (Å²) in [7, 11) is 3.18. The van der Waals surface area contributed by atoms with E-state index in [0.717, 1.165) is 22.4 Å². The standard InChI is InChI=1S/C19H20N4O2/c1-24-15-9-8-13(10-16(15)25-2)19-22-17(12-6-4-3-5-7-12)14(11-20)18(21)23-19/h3-10H,11,20H2,1-2H3,(H2,21,22,23). The third-order valence-corrected chi connectivity index (χ3v) is 3.93. The normalized spacial score (nSPS) is 10.5. The average molecular weight is 336 g/mol. The minimum atomic E-state index is 0.266. The highest BCUT2D eigenvalue weighted by Gasteiger charge is 2.15. The molecule has 0 amide bonds. The predicted octanol–water partition coefficient (Wildman–Crippen LogP) is 2.87. The van der Waals surface area contributed by atoms with Crippen molar-refractivity contribution in [3.8, 4) is 34.1 Å². The smallest absolute Gasteiger partial charge is 0.162 e. The molecule has 0 aliphatic rings. The van der Waals surface area contributed by atoms with E-state index < -0.39 is 0 Å². The van der Waals surface area contributed by atoms with Gasteiger partial charge in [-0.25, -0.2) is 9.97 Å². The van der Waals surface area contributed by atoms with Gasteiger partial charge in [-0.1, -0.05) is 30.3 Å². The highest BCUT2D eigenvalue weighted by atomic mass is 16.5. The molecule has 1 aromatic heterocycles. The SMILES string of the molecule is COc1ccc(-c2nc(N)c(CN)c(-c3ccccc3)n2)cc1OC. The number of rotatable bonds is 5. The predicted molar refractivity (Wildman–Crippen MR) is 98.3 cm³/mol. The molecule has 3 rings (SSSR count). The molecule has 25 heavy (non-hydrogen) atoms. The first-order valence-corrected chi connectivity index (χ1v) is 7.82. The highest BCUT2D eigenvalue weighted by Crippen LogP contribution is 2.33. The minimum absolute atomic E-state index is 0.266. The monoisotopic (exact) mass is 336 g/mol. The van der Waals surface area contributed by atoms with Crippen LogP contribution in [0.4, 0.5) is 5.82 Å². The number of ether oxygens (including phenoxy) is 2. The maximum atomic E-state index is 6.15. The van der Waals surface area contributed by atoms with Gasteiger partial charge >= 0.3 is 0 Å². The maximum absolute atomic E-state index is 6.15. The molecular formula is C19H20N4O2. The second-order valence-corrected chi connectivity index (χ2v) is 5.40. The first-order chi connectivity index (χ1) is 12.2. The van der Waals surface area contributed by atoms with Crippen LogP contribution in [0.1, 0.15) is 5.56 Å². The van der Waals surface area contributed by atoms with Crippen LogP contribution in [0.5, 0.6) is 11.5 Å². The number of anilines is 1. The molecule has 6 nitrogen and oxygen atoms in total. The molecule has 0 saturated carbocycles. The van der Waals surface area contributed by atoms with E-state index in [2.05, 4.69) is 4.98 Å². The second kappa shape index (κ2) is 7.19. The van der Waals surface area contributed by atoms with Gasteiger partial charge in [0, 0.05) is 23.2 Å². The topological polar surface area (TPSA) is 96.3 Å². The first-order valence-electron chi connectivity index (χ1n) is 7.82. The third-order valence-electron chi connectivity index (χ3n) is 3.93. The van der Waals surface area contributed by atoms with Crippen LogP contribution in [0.15, 0.2) is 48.5 Å². The zero-order valence-electron chi connectivity index (χ0n) is 14.2. The van der Waals surface area contributed by atoms with Crippen LogP contribution < -0.4 is 20.9 Å². The Morgan fingerprint density at radius 3 is 2.24 bits per heavy atom. The van der Waals surface area contributed by atoms with Crippen molar-refractivity contribution in [2.45, 2.75) is 6.54 Å². The summed E-state index contributed by atoms with van der Waals surface area (Å²) < 4.78 is 10.6. The molecule has 0 radical (unpaired) electrons. The largest absolute Gasteiger partial charge is 0.493 e. The number of nitrogen functional groups attached to an aromatic ring is 1. The van der Waals surface area contributed by atoms with Crippen molar-refractivity contribution in [1.82, 2.24) is 9.97 Å². The van der Waals surface area contributed by atoms with Gasteiger partial charge in [0.15, 0.2) is 17.3 Å². The molecule has 3 aromatic rings. The summed E-state index contributed by atoms with van der Waals surface area (Å²) in [6.45, 7) is 0.266. The molecule has 2 aromatic carbocycles. The molecule has 0 aliphatic heterocycles. The van der Waals surface area contributed by atoms with Gasteiger partial charge in [0.05, 0.1) is 19.9 Å². The van der Waals surface area contributed by atoms with E-state index in [1.54, 1.807) is 14.2 Å². The zero-order valence-corrected chi connectivity index (χ0v) is 14.2. The van der Waals surface area contributed by atoms with Gasteiger partial charge in [-0.3, -0.25) is 0 Å². The summed E-state index contributed by atoms with van der Waals surface area (Å²) in [5.74, 6) is 2.13. The Bertz CT molecular complexity index is 882. The Hall–Kier alpha value is -3.12. The number of methoxy groups -OCH3 is 2. The van der Waals surface area contributed by atoms with E-state index in [9.17, 15) is 0 Å². The lowest BCUT2D eigenvalue weighted by Crippen LogP contribution is -2.09. The molecular weight excluding hydrogens is 316 g/mol. The Kier molecular flexibility index (Phi) is 4.81. The van der Waals surface area contributed by atoms with E-state index in [0.29, 0.717) is 23.1 Å². The molecule has 0 aliphatic carbocycles. The lowest BCUT2D eigenvalue weighted by molar-refractivity contribution is 0.355. The second-order valence-electron chi connectivity index (χ2n) is 5.40. The molecule has 0 atom stereocenters. The molecule has 4 N–H and O–H groups in total. The average Bonchev–Trinajstić information content (AvgIpc) is 2.67. The van der Waals surface area contributed by atoms with Gasteiger partial charge in [0.1, 0.15) is 5.82 Å². The molecule has 0 spiro atoms. The van der Waals surface area contributed by atoms with Crippen molar-refractivity contribution < 1.29 is 9.47 Å². The lowest BCUT2D eigenvalue weighted by Gasteiger charge is -2.13. The molecule has 6 heteroatoms. The van der Waals surface area contributed by atoms with Gasteiger partial charge in [-0.05, 0) is 18.2 Å². The van der Waals surface area contributed by atoms with Gasteiger partial charge in [0.25, 0.3) is 0 Å². The van der Waals surface area contributed by atoms with Crippen LogP contribution in [0.2, 0.25) is 0 Å². The summed E-state index contributed by atoms with van der Waals surface area (Å²) in [5.41, 5.74) is 15.2. The third kappa shape index (κ3) is 3.25. The fraction of sp³-hybridized carbons (Fsp3) is 0.158. The van der Waals surface area contributed by atoms with Crippen molar-refractivity contribution in [3.63, 3.8) is 0 Å². The number of hydrogen-bond acceptors (Lipinski definition) is 6. The summed E-state index contributed by atoms with van der Waals surface area (Å²) >= 11 is 0. The Labute approximate surface area is 146 Å². The molecule has 0 fully saturated rings. The van der Waals surface area contributed by atoms with Gasteiger partial charge in [-0.15, -0.1) is 0 Å². The maximum Gasteiger partial charge on any atom is 0.162 e. The molecule has 0 unspecified atom stereocenters. The van der Waals surface area contributed by atoms with E-state index in [-0.39, 0.29) is 6.54 Å².